The van der Waals surface area contributed by atoms with Gasteiger partial charge in [-0.3, -0.25) is 14.7 Å². The van der Waals surface area contributed by atoms with Crippen molar-refractivity contribution in [3.05, 3.63) is 65.9 Å². The highest BCUT2D eigenvalue weighted by Gasteiger charge is 2.47. The fourth-order valence-corrected chi connectivity index (χ4v) is 6.31. The first-order valence-corrected chi connectivity index (χ1v) is 12.7. The van der Waals surface area contributed by atoms with Gasteiger partial charge in [-0.05, 0) is 48.4 Å². The van der Waals surface area contributed by atoms with E-state index in [2.05, 4.69) is 15.3 Å². The van der Waals surface area contributed by atoms with Crippen LogP contribution >= 0.6 is 0 Å². The van der Waals surface area contributed by atoms with Crippen molar-refractivity contribution in [2.45, 2.75) is 24.8 Å². The van der Waals surface area contributed by atoms with Crippen molar-refractivity contribution in [2.75, 3.05) is 18.8 Å². The van der Waals surface area contributed by atoms with Crippen LogP contribution in [0.1, 0.15) is 24.0 Å². The van der Waals surface area contributed by atoms with Crippen molar-refractivity contribution in [1.29, 1.82) is 0 Å². The number of aryl methyl sites for hydroxylation is 2. The van der Waals surface area contributed by atoms with Gasteiger partial charge in [-0.1, -0.05) is 30.3 Å². The van der Waals surface area contributed by atoms with Gasteiger partial charge in [0.2, 0.25) is 10.0 Å². The van der Waals surface area contributed by atoms with E-state index >= 15 is 0 Å². The van der Waals surface area contributed by atoms with E-state index in [1.807, 2.05) is 42.1 Å². The average Bonchev–Trinajstić information content (AvgIpc) is 3.38. The first kappa shape index (κ1) is 22.5. The normalized spacial score (nSPS) is 18.3. The van der Waals surface area contributed by atoms with Crippen LogP contribution in [0.2, 0.25) is 0 Å². The number of nitrogens with one attached hydrogen (secondary N) is 1. The molecule has 8 nitrogen and oxygen atoms in total. The third-order valence-electron chi connectivity index (χ3n) is 6.73. The van der Waals surface area contributed by atoms with Crippen LogP contribution < -0.4 is 10.3 Å². The molecule has 0 atom stereocenters. The maximum atomic E-state index is 13.1. The number of carbonyl (C=O) groups is 1. The van der Waals surface area contributed by atoms with E-state index in [-0.39, 0.29) is 43.3 Å². The van der Waals surface area contributed by atoms with Crippen molar-refractivity contribution in [3.63, 3.8) is 0 Å². The number of nitrogens with zero attached hydrogens (tertiary/aromatic N) is 3. The molecule has 0 aliphatic carbocycles. The summed E-state index contributed by atoms with van der Waals surface area (Å²) < 4.78 is 42.2. The van der Waals surface area contributed by atoms with Gasteiger partial charge in [-0.2, -0.15) is 0 Å². The number of rotatable bonds is 6. The number of sulfonamides is 1. The van der Waals surface area contributed by atoms with Crippen molar-refractivity contribution in [2.24, 2.45) is 12.0 Å². The topological polar surface area (TPSA) is 93.0 Å². The molecule has 1 spiro atoms. The number of amides is 1. The number of aliphatic imine (C=N–C) groups is 1. The van der Waals surface area contributed by atoms with Gasteiger partial charge in [0.05, 0.1) is 11.3 Å². The number of amidine groups is 1. The number of benzene rings is 2. The molecule has 10 heteroatoms. The van der Waals surface area contributed by atoms with Gasteiger partial charge in [0.25, 0.3) is 5.91 Å². The van der Waals surface area contributed by atoms with Crippen LogP contribution in [0.15, 0.2) is 59.7 Å². The highest BCUT2D eigenvalue weighted by atomic mass is 32.2. The molecular formula is C24H25FN4O4S. The van der Waals surface area contributed by atoms with Gasteiger partial charge in [0.15, 0.2) is 5.75 Å². The molecular weight excluding hydrogens is 459 g/mol. The van der Waals surface area contributed by atoms with Gasteiger partial charge in [-0.25, -0.2) is 12.7 Å². The lowest BCUT2D eigenvalue weighted by atomic mass is 9.89. The standard InChI is InChI=1S/C24H25FN4O4S/c1-28-12-8-17-4-2-5-18(21(17)28)9-15-34(31,32)29-13-10-24(11-14-29)23(30)26-22(27-24)19-6-3-7-20(16-19)33-25/h2-8,12,16H,9-11,13-15H2,1H3,(H,26,27,30). The third kappa shape index (κ3) is 3.97. The third-order valence-corrected chi connectivity index (χ3v) is 8.60. The van der Waals surface area contributed by atoms with Crippen molar-refractivity contribution in [1.82, 2.24) is 14.2 Å². The molecule has 0 unspecified atom stereocenters. The van der Waals surface area contributed by atoms with E-state index in [9.17, 15) is 17.7 Å². The molecule has 1 amide bonds. The van der Waals surface area contributed by atoms with Crippen molar-refractivity contribution in [3.8, 4) is 5.75 Å². The van der Waals surface area contributed by atoms with Crippen LogP contribution in [0.4, 0.5) is 4.53 Å². The van der Waals surface area contributed by atoms with Crippen LogP contribution in [0.3, 0.4) is 0 Å². The number of hydrogen-bond acceptors (Lipinski definition) is 5. The summed E-state index contributed by atoms with van der Waals surface area (Å²) in [5, 5.41) is 3.85. The van der Waals surface area contributed by atoms with Gasteiger partial charge in [0, 0.05) is 36.4 Å². The summed E-state index contributed by atoms with van der Waals surface area (Å²) in [7, 11) is -1.55. The number of piperidine rings is 1. The van der Waals surface area contributed by atoms with Gasteiger partial charge >= 0.3 is 0 Å². The second-order valence-electron chi connectivity index (χ2n) is 8.80. The average molecular weight is 485 g/mol. The largest absolute Gasteiger partial charge is 0.350 e. The Balaban J connectivity index is 1.28. The molecule has 2 aliphatic rings. The molecule has 0 radical (unpaired) electrons. The van der Waals surface area contributed by atoms with E-state index in [1.165, 1.54) is 16.4 Å². The molecule has 3 aromatic rings. The summed E-state index contributed by atoms with van der Waals surface area (Å²) in [6.45, 7) is 0.434. The van der Waals surface area contributed by atoms with E-state index in [0.717, 1.165) is 16.5 Å². The predicted molar refractivity (Wildman–Crippen MR) is 127 cm³/mol. The highest BCUT2D eigenvalue weighted by Crippen LogP contribution is 2.33. The molecule has 1 aromatic heterocycles. The second-order valence-corrected chi connectivity index (χ2v) is 10.9. The molecule has 5 rings (SSSR count). The number of aromatic nitrogens is 1. The second kappa shape index (κ2) is 8.52. The van der Waals surface area contributed by atoms with Gasteiger partial charge in [0.1, 0.15) is 11.4 Å². The molecule has 1 fully saturated rings. The van der Waals surface area contributed by atoms with Gasteiger partial charge < -0.3 is 9.88 Å². The summed E-state index contributed by atoms with van der Waals surface area (Å²) in [4.78, 5) is 21.2. The Morgan fingerprint density at radius 2 is 1.91 bits per heavy atom. The molecule has 2 aromatic carbocycles. The smallest absolute Gasteiger partial charge is 0.253 e. The predicted octanol–water partition coefficient (Wildman–Crippen LogP) is 2.73. The van der Waals surface area contributed by atoms with E-state index in [0.29, 0.717) is 17.8 Å². The number of fused-ring (bicyclic) bond motifs is 1. The van der Waals surface area contributed by atoms with Crippen LogP contribution in [0.25, 0.3) is 10.9 Å². The minimum absolute atomic E-state index is 0.00102. The van der Waals surface area contributed by atoms with Crippen molar-refractivity contribution < 1.29 is 22.7 Å². The first-order valence-electron chi connectivity index (χ1n) is 11.1. The molecule has 34 heavy (non-hydrogen) atoms. The quantitative estimate of drug-likeness (QED) is 0.582. The Morgan fingerprint density at radius 1 is 1.15 bits per heavy atom. The summed E-state index contributed by atoms with van der Waals surface area (Å²) in [5.74, 6) is 0.0980. The zero-order valence-corrected chi connectivity index (χ0v) is 19.5. The Labute approximate surface area is 197 Å². The molecule has 1 N–H and O–H groups in total. The molecule has 2 aliphatic heterocycles. The SMILES string of the molecule is Cn1ccc2cccc(CCS(=O)(=O)N3CCC4(CC3)N=C(c3cccc(OF)c3)NC4=O)c21. The Bertz CT molecular complexity index is 1390. The number of hydrogen-bond donors (Lipinski definition) is 1. The zero-order chi connectivity index (χ0) is 23.9. The maximum absolute atomic E-state index is 13.1. The summed E-state index contributed by atoms with van der Waals surface area (Å²) in [6.07, 6.45) is 2.95. The molecule has 0 saturated carbocycles. The van der Waals surface area contributed by atoms with E-state index < -0.39 is 15.6 Å². The van der Waals surface area contributed by atoms with Crippen LogP contribution in [-0.4, -0.2) is 53.4 Å². The molecule has 1 saturated heterocycles. The van der Waals surface area contributed by atoms with Crippen LogP contribution in [0.5, 0.6) is 5.75 Å². The lowest BCUT2D eigenvalue weighted by Crippen LogP contribution is -2.50. The highest BCUT2D eigenvalue weighted by molar-refractivity contribution is 7.89. The fraction of sp³-hybridized carbons (Fsp3) is 0.333. The van der Waals surface area contributed by atoms with Gasteiger partial charge in [-0.15, -0.1) is 0 Å². The minimum Gasteiger partial charge on any atom is -0.350 e. The molecule has 3 heterocycles. The minimum atomic E-state index is -3.50. The monoisotopic (exact) mass is 484 g/mol. The number of para-hydroxylation sites is 1. The van der Waals surface area contributed by atoms with Crippen molar-refractivity contribution >= 4 is 32.7 Å². The zero-order valence-electron chi connectivity index (χ0n) is 18.7. The number of halogens is 1. The summed E-state index contributed by atoms with van der Waals surface area (Å²) in [6, 6.07) is 14.1. The Kier molecular flexibility index (Phi) is 5.65. The molecule has 0 bridgehead atoms. The lowest BCUT2D eigenvalue weighted by Gasteiger charge is -2.34. The van der Waals surface area contributed by atoms with Crippen LogP contribution in [0, 0.1) is 0 Å². The van der Waals surface area contributed by atoms with E-state index in [4.69, 9.17) is 0 Å². The Hall–Kier alpha value is -3.24. The lowest BCUT2D eigenvalue weighted by molar-refractivity contribution is -0.124. The molecule has 178 valence electrons. The fourth-order valence-electron chi connectivity index (χ4n) is 4.83. The first-order chi connectivity index (χ1) is 16.3. The summed E-state index contributed by atoms with van der Waals surface area (Å²) >= 11 is 0. The number of carbonyl (C=O) groups excluding carboxylic acids is 1. The Morgan fingerprint density at radius 3 is 2.68 bits per heavy atom. The van der Waals surface area contributed by atoms with E-state index in [1.54, 1.807) is 12.1 Å². The maximum Gasteiger partial charge on any atom is 0.253 e. The summed E-state index contributed by atoms with van der Waals surface area (Å²) in [5.41, 5.74) is 1.56. The van der Waals surface area contributed by atoms with Crippen LogP contribution in [-0.2, 0) is 28.3 Å².